The third-order valence-electron chi connectivity index (χ3n) is 2.96. The van der Waals surface area contributed by atoms with Crippen molar-refractivity contribution in [3.63, 3.8) is 0 Å². The molecule has 0 aliphatic heterocycles. The lowest BCUT2D eigenvalue weighted by molar-refractivity contribution is -0.138. The van der Waals surface area contributed by atoms with Crippen molar-refractivity contribution in [1.29, 1.82) is 0 Å². The van der Waals surface area contributed by atoms with E-state index in [4.69, 9.17) is 15.9 Å². The van der Waals surface area contributed by atoms with E-state index in [2.05, 4.69) is 0 Å². The van der Waals surface area contributed by atoms with Crippen molar-refractivity contribution in [2.24, 2.45) is 5.73 Å². The van der Waals surface area contributed by atoms with Gasteiger partial charge in [-0.2, -0.15) is 0 Å². The van der Waals surface area contributed by atoms with Crippen LogP contribution in [0.1, 0.15) is 30.9 Å². The Morgan fingerprint density at radius 2 is 1.64 bits per heavy atom. The van der Waals surface area contributed by atoms with Crippen LogP contribution in [-0.4, -0.2) is 16.2 Å². The summed E-state index contributed by atoms with van der Waals surface area (Å²) in [6.45, 7) is 3.49. The fourth-order valence-electron chi connectivity index (χ4n) is 1.72. The molecule has 22 heavy (non-hydrogen) atoms. The van der Waals surface area contributed by atoms with E-state index >= 15 is 0 Å². The molecule has 0 aromatic heterocycles. The average molecular weight is 299 g/mol. The highest BCUT2D eigenvalue weighted by Gasteiger charge is 2.12. The van der Waals surface area contributed by atoms with Gasteiger partial charge < -0.3 is 15.9 Å². The zero-order chi connectivity index (χ0) is 16.5. The van der Waals surface area contributed by atoms with Gasteiger partial charge in [-0.15, -0.1) is 0 Å². The molecule has 4 heteroatoms. The van der Waals surface area contributed by atoms with Crippen molar-refractivity contribution in [2.45, 2.75) is 19.8 Å². The predicted octanol–water partition coefficient (Wildman–Crippen LogP) is 3.59. The summed E-state index contributed by atoms with van der Waals surface area (Å²) in [5.41, 5.74) is 8.17. The third kappa shape index (κ3) is 6.13. The molecular weight excluding hydrogens is 278 g/mol. The summed E-state index contributed by atoms with van der Waals surface area (Å²) in [6, 6.07) is 16.2. The van der Waals surface area contributed by atoms with Gasteiger partial charge in [0.2, 0.25) is 0 Å². The largest absolute Gasteiger partial charge is 0.508 e. The van der Waals surface area contributed by atoms with Crippen molar-refractivity contribution in [2.75, 3.05) is 0 Å². The molecule has 0 radical (unpaired) electrons. The monoisotopic (exact) mass is 299 g/mol. The minimum atomic E-state index is -0.860. The Morgan fingerprint density at radius 3 is 2.09 bits per heavy atom. The van der Waals surface area contributed by atoms with E-state index in [1.165, 1.54) is 12.1 Å². The lowest BCUT2D eigenvalue weighted by Crippen LogP contribution is -2.06. The first-order valence-corrected chi connectivity index (χ1v) is 6.90. The molecule has 2 rings (SSSR count). The first-order chi connectivity index (χ1) is 10.4. The van der Waals surface area contributed by atoms with Gasteiger partial charge in [-0.3, -0.25) is 4.79 Å². The maximum atomic E-state index is 10.5. The standard InChI is InChI=1S/C9H11N.C9H10O3/c1-8(10)7-9-5-3-2-4-6-9;1-6(9(11)12)7-2-4-8(10)5-3-7/h2-7H,10H2,1H3;2-6,10H,1H3,(H,11,12). The first-order valence-electron chi connectivity index (χ1n) is 6.90. The zero-order valence-electron chi connectivity index (χ0n) is 12.7. The van der Waals surface area contributed by atoms with Crippen molar-refractivity contribution in [1.82, 2.24) is 0 Å². The summed E-state index contributed by atoms with van der Waals surface area (Å²) in [5.74, 6) is -1.23. The number of phenols is 1. The molecule has 1 atom stereocenters. The van der Waals surface area contributed by atoms with Crippen LogP contribution in [0.2, 0.25) is 0 Å². The van der Waals surface area contributed by atoms with Crippen LogP contribution in [-0.2, 0) is 4.79 Å². The smallest absolute Gasteiger partial charge is 0.310 e. The molecule has 0 amide bonds. The maximum Gasteiger partial charge on any atom is 0.310 e. The second kappa shape index (κ2) is 8.52. The molecule has 0 heterocycles. The Bertz CT molecular complexity index is 615. The Kier molecular flexibility index (Phi) is 6.70. The minimum Gasteiger partial charge on any atom is -0.508 e. The topological polar surface area (TPSA) is 83.5 Å². The summed E-state index contributed by atoms with van der Waals surface area (Å²) in [7, 11) is 0. The van der Waals surface area contributed by atoms with Gasteiger partial charge in [0, 0.05) is 5.70 Å². The number of phenolic OH excluding ortho intramolecular Hbond substituents is 1. The number of allylic oxidation sites excluding steroid dienone is 1. The zero-order valence-corrected chi connectivity index (χ0v) is 12.7. The molecule has 0 bridgehead atoms. The fraction of sp³-hybridized carbons (Fsp3) is 0.167. The van der Waals surface area contributed by atoms with Gasteiger partial charge in [-0.1, -0.05) is 42.5 Å². The lowest BCUT2D eigenvalue weighted by Gasteiger charge is -2.05. The van der Waals surface area contributed by atoms with Gasteiger partial charge >= 0.3 is 5.97 Å². The average Bonchev–Trinajstić information content (AvgIpc) is 2.48. The van der Waals surface area contributed by atoms with Gasteiger partial charge in [-0.05, 0) is 43.2 Å². The van der Waals surface area contributed by atoms with Gasteiger partial charge in [0.25, 0.3) is 0 Å². The van der Waals surface area contributed by atoms with Crippen molar-refractivity contribution in [3.8, 4) is 5.75 Å². The van der Waals surface area contributed by atoms with Gasteiger partial charge in [0.1, 0.15) is 5.75 Å². The molecule has 2 aromatic carbocycles. The summed E-state index contributed by atoms with van der Waals surface area (Å²) >= 11 is 0. The van der Waals surface area contributed by atoms with E-state index in [0.717, 1.165) is 11.3 Å². The number of rotatable bonds is 3. The number of hydrogen-bond donors (Lipinski definition) is 3. The first kappa shape index (κ1) is 17.3. The molecule has 0 aliphatic rings. The van der Waals surface area contributed by atoms with Crippen molar-refractivity contribution in [3.05, 3.63) is 71.4 Å². The molecule has 1 unspecified atom stereocenters. The summed E-state index contributed by atoms with van der Waals surface area (Å²) in [6.07, 6.45) is 1.94. The van der Waals surface area contributed by atoms with Crippen LogP contribution in [0, 0.1) is 0 Å². The highest BCUT2D eigenvalue weighted by atomic mass is 16.4. The molecule has 4 N–H and O–H groups in total. The Morgan fingerprint density at radius 1 is 1.09 bits per heavy atom. The second-order valence-corrected chi connectivity index (χ2v) is 4.95. The van der Waals surface area contributed by atoms with Gasteiger partial charge in [0.05, 0.1) is 5.92 Å². The summed E-state index contributed by atoms with van der Waals surface area (Å²) in [4.78, 5) is 10.5. The Hall–Kier alpha value is -2.75. The summed E-state index contributed by atoms with van der Waals surface area (Å²) in [5, 5.41) is 17.6. The number of hydrogen-bond acceptors (Lipinski definition) is 3. The fourth-order valence-corrected chi connectivity index (χ4v) is 1.72. The molecule has 4 nitrogen and oxygen atoms in total. The van der Waals surface area contributed by atoms with E-state index in [-0.39, 0.29) is 5.75 Å². The Balaban J connectivity index is 0.000000224. The normalized spacial score (nSPS) is 12.0. The number of aliphatic carboxylic acids is 1. The highest BCUT2D eigenvalue weighted by molar-refractivity contribution is 5.75. The van der Waals surface area contributed by atoms with Gasteiger partial charge in [0.15, 0.2) is 0 Å². The van der Waals surface area contributed by atoms with E-state index < -0.39 is 11.9 Å². The van der Waals surface area contributed by atoms with E-state index in [1.54, 1.807) is 19.1 Å². The SMILES string of the molecule is CC(C(=O)O)c1ccc(O)cc1.CC(N)=Cc1ccccc1. The van der Waals surface area contributed by atoms with E-state index in [0.29, 0.717) is 5.56 Å². The number of nitrogens with two attached hydrogens (primary N) is 1. The Labute approximate surface area is 130 Å². The van der Waals surface area contributed by atoms with Crippen LogP contribution in [0.4, 0.5) is 0 Å². The number of carboxylic acid groups (broad SMARTS) is 1. The van der Waals surface area contributed by atoms with Crippen LogP contribution < -0.4 is 5.73 Å². The molecular formula is C18H21NO3. The number of benzene rings is 2. The van der Waals surface area contributed by atoms with Crippen LogP contribution in [0.15, 0.2) is 60.3 Å². The van der Waals surface area contributed by atoms with E-state index in [1.807, 2.05) is 43.3 Å². The highest BCUT2D eigenvalue weighted by Crippen LogP contribution is 2.18. The number of carboxylic acids is 1. The molecule has 2 aromatic rings. The summed E-state index contributed by atoms with van der Waals surface area (Å²) < 4.78 is 0. The van der Waals surface area contributed by atoms with Crippen LogP contribution in [0.25, 0.3) is 6.08 Å². The molecule has 0 saturated carbocycles. The lowest BCUT2D eigenvalue weighted by atomic mass is 10.0. The van der Waals surface area contributed by atoms with Crippen LogP contribution >= 0.6 is 0 Å². The van der Waals surface area contributed by atoms with Crippen LogP contribution in [0.5, 0.6) is 5.75 Å². The molecule has 0 fully saturated rings. The molecule has 0 saturated heterocycles. The van der Waals surface area contributed by atoms with Crippen molar-refractivity contribution >= 4 is 12.0 Å². The molecule has 0 spiro atoms. The third-order valence-corrected chi connectivity index (χ3v) is 2.96. The van der Waals surface area contributed by atoms with Crippen molar-refractivity contribution < 1.29 is 15.0 Å². The van der Waals surface area contributed by atoms with Crippen LogP contribution in [0.3, 0.4) is 0 Å². The minimum absolute atomic E-state index is 0.149. The number of aromatic hydroxyl groups is 1. The quantitative estimate of drug-likeness (QED) is 0.808. The maximum absolute atomic E-state index is 10.5. The second-order valence-electron chi connectivity index (χ2n) is 4.95. The molecule has 116 valence electrons. The number of carbonyl (C=O) groups is 1. The predicted molar refractivity (Wildman–Crippen MR) is 88.4 cm³/mol. The van der Waals surface area contributed by atoms with Gasteiger partial charge in [-0.25, -0.2) is 0 Å². The molecule has 0 aliphatic carbocycles. The van der Waals surface area contributed by atoms with E-state index in [9.17, 15) is 4.79 Å².